The highest BCUT2D eigenvalue weighted by molar-refractivity contribution is 7.89. The molecule has 0 spiro atoms. The summed E-state index contributed by atoms with van der Waals surface area (Å²) in [6.45, 7) is 7.22. The molecule has 160 valence electrons. The van der Waals surface area contributed by atoms with Gasteiger partial charge in [0, 0.05) is 39.3 Å². The number of carbonyl (C=O) groups excluding carboxylic acids is 2. The van der Waals surface area contributed by atoms with E-state index in [1.165, 1.54) is 28.6 Å². The van der Waals surface area contributed by atoms with Gasteiger partial charge >= 0.3 is 5.97 Å². The van der Waals surface area contributed by atoms with E-state index in [9.17, 15) is 18.0 Å². The van der Waals surface area contributed by atoms with Gasteiger partial charge in [0.25, 0.3) is 0 Å². The molecule has 8 nitrogen and oxygen atoms in total. The van der Waals surface area contributed by atoms with Crippen molar-refractivity contribution in [3.05, 3.63) is 29.8 Å². The molecule has 0 unspecified atom stereocenters. The van der Waals surface area contributed by atoms with Gasteiger partial charge in [-0.2, -0.15) is 4.31 Å². The molecule has 0 N–H and O–H groups in total. The summed E-state index contributed by atoms with van der Waals surface area (Å²) in [5.74, 6) is -0.338. The highest BCUT2D eigenvalue weighted by atomic mass is 32.2. The maximum Gasteiger partial charge on any atom is 0.338 e. The third-order valence-electron chi connectivity index (χ3n) is 5.60. The molecular formula is C20H29N3O5S. The minimum Gasteiger partial charge on any atom is -0.462 e. The highest BCUT2D eigenvalue weighted by Gasteiger charge is 2.33. The zero-order valence-electron chi connectivity index (χ0n) is 17.0. The highest BCUT2D eigenvalue weighted by Crippen LogP contribution is 2.20. The number of hydrogen-bond donors (Lipinski definition) is 0. The number of benzene rings is 1. The standard InChI is InChI=1S/C20H29N3O5S/c1-3-28-20(25)17-6-8-18(9-7-17)29(26,27)23-14-12-21(13-15-23)16(2)19(24)22-10-4-5-11-22/h6-9,16H,3-5,10-15H2,1-2H3/t16-/m1/s1. The first kappa shape index (κ1) is 21.7. The van der Waals surface area contributed by atoms with E-state index in [1.54, 1.807) is 6.92 Å². The minimum atomic E-state index is -3.64. The second-order valence-electron chi connectivity index (χ2n) is 7.39. The predicted octanol–water partition coefficient (Wildman–Crippen LogP) is 1.18. The number of rotatable bonds is 6. The van der Waals surface area contributed by atoms with Crippen LogP contribution in [0.1, 0.15) is 37.0 Å². The quantitative estimate of drug-likeness (QED) is 0.639. The summed E-state index contributed by atoms with van der Waals surface area (Å²) in [7, 11) is -3.64. The molecule has 3 rings (SSSR count). The first-order chi connectivity index (χ1) is 13.8. The van der Waals surface area contributed by atoms with E-state index in [0.29, 0.717) is 31.7 Å². The zero-order valence-corrected chi connectivity index (χ0v) is 17.9. The monoisotopic (exact) mass is 423 g/mol. The van der Waals surface area contributed by atoms with Crippen LogP contribution in [0.5, 0.6) is 0 Å². The number of nitrogens with zero attached hydrogens (tertiary/aromatic N) is 3. The number of esters is 1. The van der Waals surface area contributed by atoms with Crippen LogP contribution in [0.3, 0.4) is 0 Å². The smallest absolute Gasteiger partial charge is 0.338 e. The molecule has 1 atom stereocenters. The number of ether oxygens (including phenoxy) is 1. The lowest BCUT2D eigenvalue weighted by molar-refractivity contribution is -0.135. The van der Waals surface area contributed by atoms with E-state index in [2.05, 4.69) is 4.90 Å². The van der Waals surface area contributed by atoms with Crippen LogP contribution in [0, 0.1) is 0 Å². The second-order valence-corrected chi connectivity index (χ2v) is 9.33. The molecule has 0 saturated carbocycles. The Morgan fingerprint density at radius 1 is 1.00 bits per heavy atom. The fraction of sp³-hybridized carbons (Fsp3) is 0.600. The van der Waals surface area contributed by atoms with Crippen LogP contribution >= 0.6 is 0 Å². The van der Waals surface area contributed by atoms with Gasteiger partial charge in [-0.15, -0.1) is 0 Å². The van der Waals surface area contributed by atoms with Crippen LogP contribution in [0.2, 0.25) is 0 Å². The number of piperazine rings is 1. The average Bonchev–Trinajstić information content (AvgIpc) is 3.28. The second kappa shape index (κ2) is 9.23. The van der Waals surface area contributed by atoms with Gasteiger partial charge in [-0.1, -0.05) is 0 Å². The Balaban J connectivity index is 1.60. The van der Waals surface area contributed by atoms with Gasteiger partial charge < -0.3 is 9.64 Å². The Kier molecular flexibility index (Phi) is 6.92. The maximum atomic E-state index is 12.9. The first-order valence-corrected chi connectivity index (χ1v) is 11.6. The molecule has 0 radical (unpaired) electrons. The Labute approximate surface area is 172 Å². The van der Waals surface area contributed by atoms with Gasteiger partial charge in [0.05, 0.1) is 23.1 Å². The van der Waals surface area contributed by atoms with E-state index in [1.807, 2.05) is 11.8 Å². The molecule has 1 amide bonds. The lowest BCUT2D eigenvalue weighted by Gasteiger charge is -2.37. The van der Waals surface area contributed by atoms with Crippen LogP contribution in [-0.4, -0.2) is 86.3 Å². The topological polar surface area (TPSA) is 87.2 Å². The third-order valence-corrected chi connectivity index (χ3v) is 7.51. The number of amides is 1. The maximum absolute atomic E-state index is 12.9. The molecule has 1 aromatic carbocycles. The molecule has 1 aromatic rings. The van der Waals surface area contributed by atoms with Crippen LogP contribution in [0.4, 0.5) is 0 Å². The first-order valence-electron chi connectivity index (χ1n) is 10.1. The van der Waals surface area contributed by atoms with E-state index < -0.39 is 16.0 Å². The average molecular weight is 424 g/mol. The molecule has 2 heterocycles. The summed E-state index contributed by atoms with van der Waals surface area (Å²) >= 11 is 0. The van der Waals surface area contributed by atoms with Crippen molar-refractivity contribution in [2.75, 3.05) is 45.9 Å². The summed E-state index contributed by atoms with van der Waals surface area (Å²) in [4.78, 5) is 28.4. The van der Waals surface area contributed by atoms with Gasteiger partial charge in [-0.3, -0.25) is 9.69 Å². The number of hydrogen-bond acceptors (Lipinski definition) is 6. The van der Waals surface area contributed by atoms with Crippen molar-refractivity contribution in [2.45, 2.75) is 37.6 Å². The molecule has 0 bridgehead atoms. The molecular weight excluding hydrogens is 394 g/mol. The number of likely N-dealkylation sites (tertiary alicyclic amines) is 1. The van der Waals surface area contributed by atoms with Gasteiger partial charge in [-0.25, -0.2) is 13.2 Å². The normalized spacial score (nSPS) is 19.9. The fourth-order valence-corrected chi connectivity index (χ4v) is 5.24. The summed E-state index contributed by atoms with van der Waals surface area (Å²) < 4.78 is 32.2. The van der Waals surface area contributed by atoms with Gasteiger partial charge in [0.1, 0.15) is 0 Å². The van der Waals surface area contributed by atoms with Gasteiger partial charge in [-0.05, 0) is 51.0 Å². The van der Waals surface area contributed by atoms with Crippen molar-refractivity contribution in [1.29, 1.82) is 0 Å². The summed E-state index contributed by atoms with van der Waals surface area (Å²) in [5, 5.41) is 0. The van der Waals surface area contributed by atoms with Gasteiger partial charge in [0.15, 0.2) is 0 Å². The lowest BCUT2D eigenvalue weighted by Crippen LogP contribution is -2.55. The van der Waals surface area contributed by atoms with Crippen LogP contribution in [-0.2, 0) is 19.6 Å². The van der Waals surface area contributed by atoms with E-state index in [0.717, 1.165) is 25.9 Å². The fourth-order valence-electron chi connectivity index (χ4n) is 3.82. The van der Waals surface area contributed by atoms with Gasteiger partial charge in [0.2, 0.25) is 15.9 Å². The molecule has 29 heavy (non-hydrogen) atoms. The molecule has 0 aromatic heterocycles. The van der Waals surface area contributed by atoms with Crippen LogP contribution < -0.4 is 0 Å². The number of carbonyl (C=O) groups is 2. The molecule has 2 aliphatic heterocycles. The van der Waals surface area contributed by atoms with Crippen LogP contribution in [0.25, 0.3) is 0 Å². The minimum absolute atomic E-state index is 0.133. The Morgan fingerprint density at radius 3 is 2.14 bits per heavy atom. The van der Waals surface area contributed by atoms with Crippen molar-refractivity contribution in [2.24, 2.45) is 0 Å². The van der Waals surface area contributed by atoms with Crippen molar-refractivity contribution in [1.82, 2.24) is 14.1 Å². The Morgan fingerprint density at radius 2 is 1.59 bits per heavy atom. The van der Waals surface area contributed by atoms with Crippen LogP contribution in [0.15, 0.2) is 29.2 Å². The Hall–Kier alpha value is -1.97. The summed E-state index contributed by atoms with van der Waals surface area (Å²) in [6.07, 6.45) is 2.11. The van der Waals surface area contributed by atoms with E-state index in [-0.39, 0.29) is 23.5 Å². The van der Waals surface area contributed by atoms with Crippen molar-refractivity contribution >= 4 is 21.9 Å². The number of sulfonamides is 1. The molecule has 9 heteroatoms. The molecule has 0 aliphatic carbocycles. The molecule has 2 fully saturated rings. The van der Waals surface area contributed by atoms with E-state index >= 15 is 0 Å². The van der Waals surface area contributed by atoms with E-state index in [4.69, 9.17) is 4.74 Å². The Bertz CT molecular complexity index is 826. The summed E-state index contributed by atoms with van der Waals surface area (Å²) in [6, 6.07) is 5.58. The zero-order chi connectivity index (χ0) is 21.0. The largest absolute Gasteiger partial charge is 0.462 e. The lowest BCUT2D eigenvalue weighted by atomic mass is 10.2. The molecule has 2 saturated heterocycles. The molecule has 2 aliphatic rings. The van der Waals surface area contributed by atoms with Crippen molar-refractivity contribution in [3.63, 3.8) is 0 Å². The van der Waals surface area contributed by atoms with Crippen molar-refractivity contribution in [3.8, 4) is 0 Å². The SMILES string of the molecule is CCOC(=O)c1ccc(S(=O)(=O)N2CCN([C@H](C)C(=O)N3CCCC3)CC2)cc1. The predicted molar refractivity (Wildman–Crippen MR) is 108 cm³/mol. The van der Waals surface area contributed by atoms with Crippen molar-refractivity contribution < 1.29 is 22.7 Å². The summed E-state index contributed by atoms with van der Waals surface area (Å²) in [5.41, 5.74) is 0.324. The third kappa shape index (κ3) is 4.79.